The van der Waals surface area contributed by atoms with E-state index in [-0.39, 0.29) is 11.9 Å². The van der Waals surface area contributed by atoms with Crippen LogP contribution in [0.1, 0.15) is 61.1 Å². The summed E-state index contributed by atoms with van der Waals surface area (Å²) in [4.78, 5) is 12.7. The Labute approximate surface area is 157 Å². The van der Waals surface area contributed by atoms with Gasteiger partial charge >= 0.3 is 0 Å². The first-order valence-corrected chi connectivity index (χ1v) is 9.49. The molecule has 2 atom stereocenters. The maximum Gasteiger partial charge on any atom is 0.261 e. The molecule has 1 N–H and O–H groups in total. The Kier molecular flexibility index (Phi) is 6.84. The second-order valence-electron chi connectivity index (χ2n) is 7.04. The van der Waals surface area contributed by atoms with Gasteiger partial charge in [-0.2, -0.15) is 0 Å². The van der Waals surface area contributed by atoms with E-state index in [1.54, 1.807) is 0 Å². The Morgan fingerprint density at radius 3 is 2.19 bits per heavy atom. The SMILES string of the molecule is CCc1ccc(O[C@@H](CC)C(=O)N[C@@H](C)c2cc(C)c(C)cc2C)cc1. The molecule has 26 heavy (non-hydrogen) atoms. The van der Waals surface area contributed by atoms with E-state index in [0.717, 1.165) is 17.7 Å². The van der Waals surface area contributed by atoms with Gasteiger partial charge in [0.15, 0.2) is 6.10 Å². The maximum absolute atomic E-state index is 12.7. The van der Waals surface area contributed by atoms with E-state index in [0.29, 0.717) is 6.42 Å². The van der Waals surface area contributed by atoms with E-state index in [4.69, 9.17) is 4.74 Å². The number of ether oxygens (including phenoxy) is 1. The monoisotopic (exact) mass is 353 g/mol. The molecule has 0 bridgehead atoms. The highest BCUT2D eigenvalue weighted by molar-refractivity contribution is 5.81. The van der Waals surface area contributed by atoms with E-state index in [1.807, 2.05) is 38.1 Å². The Bertz CT molecular complexity index is 750. The van der Waals surface area contributed by atoms with Gasteiger partial charge in [-0.15, -0.1) is 0 Å². The Balaban J connectivity index is 2.07. The first-order chi connectivity index (χ1) is 12.3. The van der Waals surface area contributed by atoms with Crippen molar-refractivity contribution in [3.8, 4) is 5.75 Å². The quantitative estimate of drug-likeness (QED) is 0.742. The molecule has 140 valence electrons. The maximum atomic E-state index is 12.7. The summed E-state index contributed by atoms with van der Waals surface area (Å²) in [5, 5.41) is 3.11. The summed E-state index contributed by atoms with van der Waals surface area (Å²) >= 11 is 0. The lowest BCUT2D eigenvalue weighted by atomic mass is 9.96. The van der Waals surface area contributed by atoms with Crippen molar-refractivity contribution >= 4 is 5.91 Å². The molecule has 0 unspecified atom stereocenters. The van der Waals surface area contributed by atoms with Gasteiger partial charge in [-0.25, -0.2) is 0 Å². The largest absolute Gasteiger partial charge is 0.481 e. The predicted molar refractivity (Wildman–Crippen MR) is 108 cm³/mol. The van der Waals surface area contributed by atoms with Crippen LogP contribution in [0, 0.1) is 20.8 Å². The van der Waals surface area contributed by atoms with Crippen molar-refractivity contribution in [1.82, 2.24) is 5.32 Å². The fraction of sp³-hybridized carbons (Fsp3) is 0.435. The topological polar surface area (TPSA) is 38.3 Å². The Morgan fingerprint density at radius 2 is 1.62 bits per heavy atom. The normalized spacial score (nSPS) is 13.2. The first kappa shape index (κ1) is 20.0. The minimum absolute atomic E-state index is 0.0538. The summed E-state index contributed by atoms with van der Waals surface area (Å²) in [5.74, 6) is 0.663. The third-order valence-corrected chi connectivity index (χ3v) is 4.98. The van der Waals surface area contributed by atoms with Gasteiger partial charge in [0.1, 0.15) is 5.75 Å². The first-order valence-electron chi connectivity index (χ1n) is 9.49. The lowest BCUT2D eigenvalue weighted by Gasteiger charge is -2.22. The van der Waals surface area contributed by atoms with E-state index < -0.39 is 6.10 Å². The highest BCUT2D eigenvalue weighted by Crippen LogP contribution is 2.22. The number of rotatable bonds is 7. The zero-order chi connectivity index (χ0) is 19.3. The minimum atomic E-state index is -0.489. The summed E-state index contributed by atoms with van der Waals surface area (Å²) in [7, 11) is 0. The average molecular weight is 354 g/mol. The van der Waals surface area contributed by atoms with E-state index >= 15 is 0 Å². The Morgan fingerprint density at radius 1 is 1.00 bits per heavy atom. The molecule has 3 nitrogen and oxygen atoms in total. The van der Waals surface area contributed by atoms with Gasteiger partial charge in [-0.05, 0) is 80.5 Å². The van der Waals surface area contributed by atoms with Gasteiger partial charge in [0.25, 0.3) is 5.91 Å². The molecule has 1 amide bonds. The number of benzene rings is 2. The van der Waals surface area contributed by atoms with Gasteiger partial charge in [0.05, 0.1) is 6.04 Å². The molecule has 0 aliphatic heterocycles. The van der Waals surface area contributed by atoms with Gasteiger partial charge in [-0.3, -0.25) is 4.79 Å². The molecular formula is C23H31NO2. The van der Waals surface area contributed by atoms with E-state index in [9.17, 15) is 4.79 Å². The number of amides is 1. The van der Waals surface area contributed by atoms with Crippen molar-refractivity contribution < 1.29 is 9.53 Å². The Hall–Kier alpha value is -2.29. The van der Waals surface area contributed by atoms with Gasteiger partial charge in [0.2, 0.25) is 0 Å². The molecule has 0 saturated heterocycles. The van der Waals surface area contributed by atoms with Crippen molar-refractivity contribution in [2.75, 3.05) is 0 Å². The number of carbonyl (C=O) groups is 1. The second kappa shape index (κ2) is 8.88. The minimum Gasteiger partial charge on any atom is -0.481 e. The lowest BCUT2D eigenvalue weighted by Crippen LogP contribution is -2.39. The summed E-state index contributed by atoms with van der Waals surface area (Å²) in [5.41, 5.74) is 6.13. The lowest BCUT2D eigenvalue weighted by molar-refractivity contribution is -0.128. The molecule has 0 fully saturated rings. The van der Waals surface area contributed by atoms with Crippen LogP contribution in [0.3, 0.4) is 0 Å². The van der Waals surface area contributed by atoms with Crippen molar-refractivity contribution in [2.45, 2.75) is 66.5 Å². The van der Waals surface area contributed by atoms with Crippen molar-refractivity contribution in [3.05, 3.63) is 64.2 Å². The molecule has 0 saturated carbocycles. The van der Waals surface area contributed by atoms with Crippen LogP contribution in [0.25, 0.3) is 0 Å². The van der Waals surface area contributed by atoms with E-state index in [2.05, 4.69) is 45.1 Å². The van der Waals surface area contributed by atoms with Crippen LogP contribution in [-0.2, 0) is 11.2 Å². The van der Waals surface area contributed by atoms with Crippen LogP contribution in [-0.4, -0.2) is 12.0 Å². The van der Waals surface area contributed by atoms with Crippen LogP contribution in [0.5, 0.6) is 5.75 Å². The highest BCUT2D eigenvalue weighted by atomic mass is 16.5. The van der Waals surface area contributed by atoms with Crippen LogP contribution in [0.2, 0.25) is 0 Å². The molecule has 0 spiro atoms. The summed E-state index contributed by atoms with van der Waals surface area (Å²) in [6.07, 6.45) is 1.13. The van der Waals surface area contributed by atoms with Crippen molar-refractivity contribution in [1.29, 1.82) is 0 Å². The van der Waals surface area contributed by atoms with Crippen molar-refractivity contribution in [2.24, 2.45) is 0 Å². The molecular weight excluding hydrogens is 322 g/mol. The molecule has 0 radical (unpaired) electrons. The molecule has 0 aliphatic rings. The molecule has 2 aromatic rings. The second-order valence-corrected chi connectivity index (χ2v) is 7.04. The van der Waals surface area contributed by atoms with Crippen LogP contribution in [0.15, 0.2) is 36.4 Å². The smallest absolute Gasteiger partial charge is 0.261 e. The third-order valence-electron chi connectivity index (χ3n) is 4.98. The fourth-order valence-electron chi connectivity index (χ4n) is 3.12. The number of hydrogen-bond acceptors (Lipinski definition) is 2. The highest BCUT2D eigenvalue weighted by Gasteiger charge is 2.21. The average Bonchev–Trinajstić information content (AvgIpc) is 2.62. The third kappa shape index (κ3) is 4.87. The van der Waals surface area contributed by atoms with E-state index in [1.165, 1.54) is 22.3 Å². The molecule has 0 aromatic heterocycles. The number of hydrogen-bond donors (Lipinski definition) is 1. The number of aryl methyl sites for hydroxylation is 4. The van der Waals surface area contributed by atoms with Gasteiger partial charge < -0.3 is 10.1 Å². The molecule has 2 aromatic carbocycles. The van der Waals surface area contributed by atoms with Crippen molar-refractivity contribution in [3.63, 3.8) is 0 Å². The van der Waals surface area contributed by atoms with Crippen LogP contribution < -0.4 is 10.1 Å². The number of nitrogens with one attached hydrogen (secondary N) is 1. The zero-order valence-corrected chi connectivity index (χ0v) is 16.8. The molecule has 0 aliphatic carbocycles. The molecule has 3 heteroatoms. The molecule has 2 rings (SSSR count). The fourth-order valence-corrected chi connectivity index (χ4v) is 3.12. The zero-order valence-electron chi connectivity index (χ0n) is 16.8. The standard InChI is InChI=1S/C23H31NO2/c1-7-19-9-11-20(12-10-19)26-22(8-2)23(25)24-18(6)21-14-16(4)15(3)13-17(21)5/h9-14,18,22H,7-8H2,1-6H3,(H,24,25)/t18-,22-/m0/s1. The van der Waals surface area contributed by atoms with Gasteiger partial charge in [0, 0.05) is 0 Å². The molecule has 0 heterocycles. The predicted octanol–water partition coefficient (Wildman–Crippen LogP) is 5.21. The van der Waals surface area contributed by atoms with Crippen LogP contribution in [0.4, 0.5) is 0 Å². The van der Waals surface area contributed by atoms with Gasteiger partial charge in [-0.1, -0.05) is 38.1 Å². The summed E-state index contributed by atoms with van der Waals surface area (Å²) in [6.45, 7) is 12.4. The summed E-state index contributed by atoms with van der Waals surface area (Å²) < 4.78 is 5.92. The number of carbonyl (C=O) groups excluding carboxylic acids is 1. The van der Waals surface area contributed by atoms with Crippen LogP contribution >= 0.6 is 0 Å². The summed E-state index contributed by atoms with van der Waals surface area (Å²) in [6, 6.07) is 12.2.